The Labute approximate surface area is 160 Å². The Bertz CT molecular complexity index is 734. The normalized spacial score (nSPS) is 15.3. The van der Waals surface area contributed by atoms with E-state index in [0.717, 1.165) is 52.1 Å². The van der Waals surface area contributed by atoms with Crippen LogP contribution in [0.1, 0.15) is 19.8 Å². The molecule has 0 radical (unpaired) electrons. The van der Waals surface area contributed by atoms with Crippen molar-refractivity contribution < 1.29 is 4.79 Å². The molecular weight excluding hydrogens is 342 g/mol. The van der Waals surface area contributed by atoms with Gasteiger partial charge in [-0.05, 0) is 43.0 Å². The van der Waals surface area contributed by atoms with Gasteiger partial charge in [-0.25, -0.2) is 0 Å². The van der Waals surface area contributed by atoms with E-state index in [1.165, 1.54) is 15.8 Å². The van der Waals surface area contributed by atoms with Crippen molar-refractivity contribution in [3.8, 4) is 0 Å². The topological polar surface area (TPSA) is 26.8 Å². The zero-order chi connectivity index (χ0) is 18.4. The molecule has 1 aliphatic rings. The second-order valence-corrected chi connectivity index (χ2v) is 7.85. The Hall–Kier alpha value is -1.85. The number of hydrogen-bond donors (Lipinski definition) is 0. The lowest BCUT2D eigenvalue weighted by molar-refractivity contribution is -0.128. The number of hydrogen-bond acceptors (Lipinski definition) is 4. The molecule has 0 saturated carbocycles. The molecule has 0 aliphatic carbocycles. The van der Waals surface area contributed by atoms with E-state index in [1.807, 2.05) is 16.2 Å². The number of carbonyl (C=O) groups is 1. The van der Waals surface area contributed by atoms with Gasteiger partial charge in [0.15, 0.2) is 0 Å². The van der Waals surface area contributed by atoms with Crippen LogP contribution < -0.4 is 4.90 Å². The van der Waals surface area contributed by atoms with E-state index in [-0.39, 0.29) is 5.91 Å². The molecular formula is C21H29N3OS. The highest BCUT2D eigenvalue weighted by Crippen LogP contribution is 2.31. The zero-order valence-electron chi connectivity index (χ0n) is 15.7. The minimum Gasteiger partial charge on any atom is -0.368 e. The summed E-state index contributed by atoms with van der Waals surface area (Å²) in [7, 11) is 0. The second-order valence-electron chi connectivity index (χ2n) is 6.90. The monoisotopic (exact) mass is 371 g/mol. The molecule has 5 heteroatoms. The number of piperazine rings is 1. The van der Waals surface area contributed by atoms with Crippen molar-refractivity contribution in [3.63, 3.8) is 0 Å². The molecule has 0 N–H and O–H groups in total. The van der Waals surface area contributed by atoms with E-state index in [4.69, 9.17) is 0 Å². The molecule has 1 aliphatic heterocycles. The molecule has 1 aromatic heterocycles. The number of benzene rings is 1. The first-order valence-corrected chi connectivity index (χ1v) is 10.4. The number of rotatable bonds is 8. The summed E-state index contributed by atoms with van der Waals surface area (Å²) in [6.45, 7) is 12.4. The van der Waals surface area contributed by atoms with Crippen molar-refractivity contribution in [3.05, 3.63) is 42.3 Å². The van der Waals surface area contributed by atoms with Crippen LogP contribution in [0.15, 0.2) is 42.3 Å². The summed E-state index contributed by atoms with van der Waals surface area (Å²) in [6, 6.07) is 8.87. The third-order valence-corrected chi connectivity index (χ3v) is 6.02. The van der Waals surface area contributed by atoms with Gasteiger partial charge in [0.2, 0.25) is 5.91 Å². The molecule has 1 saturated heterocycles. The molecule has 2 heterocycles. The zero-order valence-corrected chi connectivity index (χ0v) is 16.5. The van der Waals surface area contributed by atoms with Crippen LogP contribution in [0.2, 0.25) is 0 Å². The Morgan fingerprint density at radius 1 is 1.23 bits per heavy atom. The fourth-order valence-corrected chi connectivity index (χ4v) is 4.44. The summed E-state index contributed by atoms with van der Waals surface area (Å²) in [4.78, 5) is 18.5. The van der Waals surface area contributed by atoms with Gasteiger partial charge in [-0.1, -0.05) is 12.1 Å². The highest BCUT2D eigenvalue weighted by molar-refractivity contribution is 7.17. The third-order valence-electron chi connectivity index (χ3n) is 5.13. The molecule has 0 bridgehead atoms. The van der Waals surface area contributed by atoms with Crippen LogP contribution in [0, 0.1) is 0 Å². The molecule has 0 spiro atoms. The first-order chi connectivity index (χ1) is 12.7. The van der Waals surface area contributed by atoms with Crippen molar-refractivity contribution >= 4 is 33.0 Å². The van der Waals surface area contributed by atoms with Gasteiger partial charge in [0, 0.05) is 62.0 Å². The Kier molecular flexibility index (Phi) is 6.69. The Morgan fingerprint density at radius 2 is 2.04 bits per heavy atom. The van der Waals surface area contributed by atoms with E-state index in [0.29, 0.717) is 6.54 Å². The van der Waals surface area contributed by atoms with Gasteiger partial charge in [0.25, 0.3) is 0 Å². The number of thiophene rings is 1. The lowest BCUT2D eigenvalue weighted by Gasteiger charge is -2.36. The summed E-state index contributed by atoms with van der Waals surface area (Å²) in [5.41, 5.74) is 1.38. The molecule has 1 amide bonds. The molecule has 4 nitrogen and oxygen atoms in total. The van der Waals surface area contributed by atoms with E-state index in [2.05, 4.69) is 46.0 Å². The van der Waals surface area contributed by atoms with Crippen LogP contribution in [0.4, 0.5) is 5.69 Å². The lowest BCUT2D eigenvalue weighted by atomic mass is 10.1. The van der Waals surface area contributed by atoms with Gasteiger partial charge < -0.3 is 9.80 Å². The summed E-state index contributed by atoms with van der Waals surface area (Å²) >= 11 is 1.82. The molecule has 140 valence electrons. The molecule has 1 fully saturated rings. The van der Waals surface area contributed by atoms with Gasteiger partial charge in [0.05, 0.1) is 0 Å². The summed E-state index contributed by atoms with van der Waals surface area (Å²) in [5.74, 6) is 0.140. The van der Waals surface area contributed by atoms with Crippen molar-refractivity contribution in [1.82, 2.24) is 9.80 Å². The quantitative estimate of drug-likeness (QED) is 0.521. The van der Waals surface area contributed by atoms with Crippen molar-refractivity contribution in [2.75, 3.05) is 50.7 Å². The highest BCUT2D eigenvalue weighted by Gasteiger charge is 2.18. The van der Waals surface area contributed by atoms with E-state index < -0.39 is 0 Å². The SMILES string of the molecule is C=CCN(CCCCN1CCN(c2cccc3sccc23)CC1)C(C)=O. The first kappa shape index (κ1) is 18.9. The van der Waals surface area contributed by atoms with Gasteiger partial charge in [-0.2, -0.15) is 0 Å². The lowest BCUT2D eigenvalue weighted by Crippen LogP contribution is -2.46. The number of amides is 1. The predicted molar refractivity (Wildman–Crippen MR) is 112 cm³/mol. The van der Waals surface area contributed by atoms with Gasteiger partial charge >= 0.3 is 0 Å². The van der Waals surface area contributed by atoms with Gasteiger partial charge in [0.1, 0.15) is 0 Å². The average Bonchev–Trinajstić information content (AvgIpc) is 3.13. The van der Waals surface area contributed by atoms with Crippen LogP contribution in [0.3, 0.4) is 0 Å². The minimum atomic E-state index is 0.140. The third kappa shape index (κ3) is 4.65. The smallest absolute Gasteiger partial charge is 0.219 e. The number of fused-ring (bicyclic) bond motifs is 1. The predicted octanol–water partition coefficient (Wildman–Crippen LogP) is 3.84. The van der Waals surface area contributed by atoms with Crippen LogP contribution in [-0.4, -0.2) is 61.5 Å². The van der Waals surface area contributed by atoms with Crippen molar-refractivity contribution in [2.24, 2.45) is 0 Å². The van der Waals surface area contributed by atoms with E-state index in [9.17, 15) is 4.79 Å². The summed E-state index contributed by atoms with van der Waals surface area (Å²) < 4.78 is 1.37. The second kappa shape index (κ2) is 9.19. The van der Waals surface area contributed by atoms with Crippen LogP contribution in [-0.2, 0) is 4.79 Å². The van der Waals surface area contributed by atoms with Gasteiger partial charge in [-0.3, -0.25) is 9.69 Å². The Morgan fingerprint density at radius 3 is 2.77 bits per heavy atom. The van der Waals surface area contributed by atoms with Gasteiger partial charge in [-0.15, -0.1) is 17.9 Å². The minimum absolute atomic E-state index is 0.140. The molecule has 1 aromatic carbocycles. The van der Waals surface area contributed by atoms with Crippen LogP contribution in [0.25, 0.3) is 10.1 Å². The van der Waals surface area contributed by atoms with Crippen LogP contribution in [0.5, 0.6) is 0 Å². The first-order valence-electron chi connectivity index (χ1n) is 9.49. The fourth-order valence-electron chi connectivity index (χ4n) is 3.64. The number of carbonyl (C=O) groups excluding carboxylic acids is 1. The standard InChI is InChI=1S/C21H29N3OS/c1-3-10-23(18(2)25)12-5-4-11-22-13-15-24(16-14-22)20-7-6-8-21-19(20)9-17-26-21/h3,6-9,17H,1,4-5,10-16H2,2H3. The fraction of sp³-hybridized carbons (Fsp3) is 0.476. The highest BCUT2D eigenvalue weighted by atomic mass is 32.1. The Balaban J connectivity index is 1.42. The van der Waals surface area contributed by atoms with Crippen molar-refractivity contribution in [1.29, 1.82) is 0 Å². The van der Waals surface area contributed by atoms with Crippen LogP contribution >= 0.6 is 11.3 Å². The summed E-state index contributed by atoms with van der Waals surface area (Å²) in [5, 5.41) is 3.57. The number of anilines is 1. The molecule has 0 unspecified atom stereocenters. The number of nitrogens with zero attached hydrogens (tertiary/aromatic N) is 3. The van der Waals surface area contributed by atoms with E-state index >= 15 is 0 Å². The average molecular weight is 372 g/mol. The summed E-state index contributed by atoms with van der Waals surface area (Å²) in [6.07, 6.45) is 4.00. The molecule has 3 rings (SSSR count). The molecule has 2 aromatic rings. The maximum atomic E-state index is 11.5. The maximum Gasteiger partial charge on any atom is 0.219 e. The van der Waals surface area contributed by atoms with Crippen molar-refractivity contribution in [2.45, 2.75) is 19.8 Å². The maximum absolute atomic E-state index is 11.5. The molecule has 26 heavy (non-hydrogen) atoms. The largest absolute Gasteiger partial charge is 0.368 e. The van der Waals surface area contributed by atoms with E-state index in [1.54, 1.807) is 13.0 Å². The number of unbranched alkanes of at least 4 members (excludes halogenated alkanes) is 1. The molecule has 0 atom stereocenters.